The van der Waals surface area contributed by atoms with Crippen LogP contribution in [0.25, 0.3) is 76.8 Å². The Hall–Kier alpha value is -5.20. The van der Waals surface area contributed by atoms with Gasteiger partial charge in [-0.2, -0.15) is 0 Å². The smallest absolute Gasteiger partial charge is 0.00137 e. The summed E-state index contributed by atoms with van der Waals surface area (Å²) in [6.07, 6.45) is 0. The molecular formula is C40H26. The van der Waals surface area contributed by atoms with Gasteiger partial charge in [0, 0.05) is 0 Å². The molecule has 0 aliphatic heterocycles. The van der Waals surface area contributed by atoms with Gasteiger partial charge in [0.15, 0.2) is 0 Å². The molecule has 0 unspecified atom stereocenters. The van der Waals surface area contributed by atoms with E-state index in [4.69, 9.17) is 0 Å². The molecule has 186 valence electrons. The van der Waals surface area contributed by atoms with Crippen LogP contribution in [0.4, 0.5) is 0 Å². The number of hydrogen-bond donors (Lipinski definition) is 0. The minimum atomic E-state index is 1.24. The molecule has 0 heterocycles. The Bertz CT molecular complexity index is 2090. The van der Waals surface area contributed by atoms with E-state index in [1.54, 1.807) is 0 Å². The molecule has 40 heavy (non-hydrogen) atoms. The fourth-order valence-electron chi connectivity index (χ4n) is 6.42. The fourth-order valence-corrected chi connectivity index (χ4v) is 6.42. The molecule has 0 spiro atoms. The first-order valence-corrected chi connectivity index (χ1v) is 13.9. The average Bonchev–Trinajstić information content (AvgIpc) is 3.04. The predicted molar refractivity (Wildman–Crippen MR) is 172 cm³/mol. The van der Waals surface area contributed by atoms with Gasteiger partial charge < -0.3 is 0 Å². The molecule has 0 N–H and O–H groups in total. The summed E-state index contributed by atoms with van der Waals surface area (Å²) in [6, 6.07) is 57.4. The predicted octanol–water partition coefficient (Wildman–Crippen LogP) is 11.3. The van der Waals surface area contributed by atoms with Crippen LogP contribution in [-0.2, 0) is 0 Å². The molecule has 0 aromatic heterocycles. The van der Waals surface area contributed by atoms with Crippen molar-refractivity contribution in [1.29, 1.82) is 0 Å². The monoisotopic (exact) mass is 506 g/mol. The van der Waals surface area contributed by atoms with Crippen LogP contribution < -0.4 is 0 Å². The van der Waals surface area contributed by atoms with E-state index in [9.17, 15) is 0 Å². The summed E-state index contributed by atoms with van der Waals surface area (Å²) in [7, 11) is 0. The number of hydrogen-bond acceptors (Lipinski definition) is 0. The minimum Gasteiger partial charge on any atom is -0.0622 e. The summed E-state index contributed by atoms with van der Waals surface area (Å²) in [5, 5.41) is 7.85. The summed E-state index contributed by atoms with van der Waals surface area (Å²) in [5.74, 6) is 0. The average molecular weight is 507 g/mol. The van der Waals surface area contributed by atoms with Gasteiger partial charge in [-0.15, -0.1) is 0 Å². The third-order valence-electron chi connectivity index (χ3n) is 8.24. The van der Waals surface area contributed by atoms with Gasteiger partial charge in [0.2, 0.25) is 0 Å². The summed E-state index contributed by atoms with van der Waals surface area (Å²) in [5.41, 5.74) is 10.0. The van der Waals surface area contributed by atoms with Crippen molar-refractivity contribution < 1.29 is 0 Å². The Balaban J connectivity index is 1.61. The van der Waals surface area contributed by atoms with E-state index in [1.807, 2.05) is 0 Å². The van der Waals surface area contributed by atoms with Crippen LogP contribution in [0.3, 0.4) is 0 Å². The maximum atomic E-state index is 2.43. The second-order valence-electron chi connectivity index (χ2n) is 10.5. The van der Waals surface area contributed by atoms with Crippen molar-refractivity contribution >= 4 is 32.3 Å². The van der Waals surface area contributed by atoms with Crippen LogP contribution >= 0.6 is 0 Å². The molecule has 0 bridgehead atoms. The highest BCUT2D eigenvalue weighted by Gasteiger charge is 2.20. The first-order chi connectivity index (χ1) is 19.9. The van der Waals surface area contributed by atoms with E-state index in [0.717, 1.165) is 0 Å². The molecule has 8 aromatic rings. The molecule has 0 fully saturated rings. The van der Waals surface area contributed by atoms with E-state index >= 15 is 0 Å². The first kappa shape index (κ1) is 22.8. The zero-order chi connectivity index (χ0) is 26.5. The van der Waals surface area contributed by atoms with Crippen LogP contribution in [0, 0.1) is 0 Å². The van der Waals surface area contributed by atoms with Gasteiger partial charge in [-0.3, -0.25) is 0 Å². The van der Waals surface area contributed by atoms with Gasteiger partial charge in [-0.25, -0.2) is 0 Å². The summed E-state index contributed by atoms with van der Waals surface area (Å²) >= 11 is 0. The maximum absolute atomic E-state index is 2.43. The molecular weight excluding hydrogens is 480 g/mol. The molecule has 8 rings (SSSR count). The van der Waals surface area contributed by atoms with Crippen LogP contribution in [0.2, 0.25) is 0 Å². The van der Waals surface area contributed by atoms with Crippen molar-refractivity contribution in [2.45, 2.75) is 0 Å². The van der Waals surface area contributed by atoms with Crippen molar-refractivity contribution in [3.05, 3.63) is 158 Å². The van der Waals surface area contributed by atoms with E-state index in [0.29, 0.717) is 0 Å². The lowest BCUT2D eigenvalue weighted by molar-refractivity contribution is 1.62. The Morgan fingerprint density at radius 1 is 0.225 bits per heavy atom. The lowest BCUT2D eigenvalue weighted by Gasteiger charge is -2.21. The molecule has 0 saturated carbocycles. The third-order valence-corrected chi connectivity index (χ3v) is 8.24. The quantitative estimate of drug-likeness (QED) is 0.208. The molecule has 0 saturated heterocycles. The van der Waals surface area contributed by atoms with Crippen molar-refractivity contribution in [2.75, 3.05) is 0 Å². The van der Waals surface area contributed by atoms with Crippen LogP contribution in [0.1, 0.15) is 0 Å². The third kappa shape index (κ3) is 3.54. The molecule has 0 nitrogen and oxygen atoms in total. The standard InChI is InChI=1S/C40H26/c1-5-13-27(14-6-1)31-21-22-33-36(29-17-9-3-10-18-29)26-38-37(30-19-11-4-12-20-30)25-35(28-15-7-2-8-16-28)34-24-23-32(31)39(33)40(34)38/h1-26H. The Morgan fingerprint density at radius 2 is 0.550 bits per heavy atom. The van der Waals surface area contributed by atoms with Gasteiger partial charge >= 0.3 is 0 Å². The highest BCUT2D eigenvalue weighted by atomic mass is 14.2. The zero-order valence-corrected chi connectivity index (χ0v) is 22.0. The largest absolute Gasteiger partial charge is 0.0622 e. The van der Waals surface area contributed by atoms with E-state index in [2.05, 4.69) is 158 Å². The molecule has 0 atom stereocenters. The number of rotatable bonds is 4. The fraction of sp³-hybridized carbons (Fsp3) is 0. The Morgan fingerprint density at radius 3 is 1.02 bits per heavy atom. The zero-order valence-electron chi connectivity index (χ0n) is 22.0. The van der Waals surface area contributed by atoms with E-state index in [1.165, 1.54) is 76.8 Å². The molecule has 0 amide bonds. The minimum absolute atomic E-state index is 1.24. The van der Waals surface area contributed by atoms with Gasteiger partial charge in [0.25, 0.3) is 0 Å². The molecule has 0 aliphatic rings. The SMILES string of the molecule is c1ccc(-c2ccc3c(-c4ccccc4)cc4c(-c5ccccc5)cc(-c5ccccc5)c5ccc2c3c54)cc1. The van der Waals surface area contributed by atoms with Crippen molar-refractivity contribution in [3.63, 3.8) is 0 Å². The summed E-state index contributed by atoms with van der Waals surface area (Å²) < 4.78 is 0. The molecule has 0 radical (unpaired) electrons. The summed E-state index contributed by atoms with van der Waals surface area (Å²) in [6.45, 7) is 0. The first-order valence-electron chi connectivity index (χ1n) is 13.9. The second kappa shape index (κ2) is 9.22. The van der Waals surface area contributed by atoms with Gasteiger partial charge in [-0.05, 0) is 89.0 Å². The Kier molecular flexibility index (Phi) is 5.24. The lowest BCUT2D eigenvalue weighted by Crippen LogP contribution is -1.94. The molecule has 0 aliphatic carbocycles. The van der Waals surface area contributed by atoms with Gasteiger partial charge in [0.05, 0.1) is 0 Å². The van der Waals surface area contributed by atoms with Gasteiger partial charge in [0.1, 0.15) is 0 Å². The van der Waals surface area contributed by atoms with Crippen LogP contribution in [0.15, 0.2) is 158 Å². The normalized spacial score (nSPS) is 11.5. The van der Waals surface area contributed by atoms with Crippen molar-refractivity contribution in [2.24, 2.45) is 0 Å². The highest BCUT2D eigenvalue weighted by Crippen LogP contribution is 2.48. The topological polar surface area (TPSA) is 0 Å². The van der Waals surface area contributed by atoms with Crippen molar-refractivity contribution in [1.82, 2.24) is 0 Å². The van der Waals surface area contributed by atoms with Gasteiger partial charge in [-0.1, -0.05) is 146 Å². The molecule has 0 heteroatoms. The molecule has 8 aromatic carbocycles. The van der Waals surface area contributed by atoms with E-state index < -0.39 is 0 Å². The highest BCUT2D eigenvalue weighted by molar-refractivity contribution is 6.32. The van der Waals surface area contributed by atoms with Crippen molar-refractivity contribution in [3.8, 4) is 44.5 Å². The van der Waals surface area contributed by atoms with Crippen LogP contribution in [0.5, 0.6) is 0 Å². The van der Waals surface area contributed by atoms with E-state index in [-0.39, 0.29) is 0 Å². The summed E-state index contributed by atoms with van der Waals surface area (Å²) in [4.78, 5) is 0. The Labute approximate surface area is 234 Å². The second-order valence-corrected chi connectivity index (χ2v) is 10.5. The maximum Gasteiger partial charge on any atom is -0.00137 e. The van der Waals surface area contributed by atoms with Crippen LogP contribution in [-0.4, -0.2) is 0 Å². The lowest BCUT2D eigenvalue weighted by atomic mass is 9.81. The number of benzene rings is 8.